The van der Waals surface area contributed by atoms with Crippen LogP contribution in [0.15, 0.2) is 28.6 Å². The average molecular weight is 436 g/mol. The molecule has 0 bridgehead atoms. The number of hydrogen-bond donors (Lipinski definition) is 2. The second-order valence-electron chi connectivity index (χ2n) is 7.13. The van der Waals surface area contributed by atoms with Gasteiger partial charge >= 0.3 is 6.03 Å². The Balaban J connectivity index is 1.30. The van der Waals surface area contributed by atoms with Crippen molar-refractivity contribution in [1.29, 1.82) is 0 Å². The average Bonchev–Trinajstić information content (AvgIpc) is 3.42. The summed E-state index contributed by atoms with van der Waals surface area (Å²) in [6, 6.07) is 5.63. The Labute approximate surface area is 174 Å². The van der Waals surface area contributed by atoms with Gasteiger partial charge in [0.1, 0.15) is 17.9 Å². The molecule has 1 saturated carbocycles. The molecule has 29 heavy (non-hydrogen) atoms. The molecule has 2 aromatic rings. The summed E-state index contributed by atoms with van der Waals surface area (Å²) in [6.45, 7) is 1.34. The van der Waals surface area contributed by atoms with Gasteiger partial charge in [0.2, 0.25) is 11.0 Å². The van der Waals surface area contributed by atoms with Gasteiger partial charge in [0.25, 0.3) is 5.91 Å². The summed E-state index contributed by atoms with van der Waals surface area (Å²) in [4.78, 5) is 37.9. The summed E-state index contributed by atoms with van der Waals surface area (Å²) >= 11 is 2.60. The van der Waals surface area contributed by atoms with Gasteiger partial charge in [0.05, 0.1) is 0 Å². The molecule has 0 unspecified atom stereocenters. The minimum atomic E-state index is -0.912. The maximum atomic E-state index is 12.9. The van der Waals surface area contributed by atoms with Crippen molar-refractivity contribution in [2.75, 3.05) is 11.9 Å². The number of benzene rings is 1. The molecule has 152 valence electrons. The number of carbonyl (C=O) groups is 3. The lowest BCUT2D eigenvalue weighted by molar-refractivity contribution is -0.134. The second-order valence-corrected chi connectivity index (χ2v) is 9.33. The first-order chi connectivity index (χ1) is 13.8. The Kier molecular flexibility index (Phi) is 5.26. The summed E-state index contributed by atoms with van der Waals surface area (Å²) < 4.78 is 13.6. The molecule has 1 saturated heterocycles. The molecule has 1 aromatic heterocycles. The fourth-order valence-electron chi connectivity index (χ4n) is 3.14. The molecule has 2 fully saturated rings. The highest BCUT2D eigenvalue weighted by Crippen LogP contribution is 2.42. The Morgan fingerprint density at radius 3 is 2.76 bits per heavy atom. The van der Waals surface area contributed by atoms with Gasteiger partial charge in [-0.15, -0.1) is 10.2 Å². The number of thioether (sulfide) groups is 1. The highest BCUT2D eigenvalue weighted by molar-refractivity contribution is 8.00. The standard InChI is InChI=1S/C18H18FN5O3S2/c1-18(11-4-5-11)14(26)24(16(27)21-18)8-13(25)20-15-22-23-17(29-15)28-9-10-2-6-12(19)7-3-10/h2-3,6-7,11H,4-5,8-9H2,1H3,(H,21,27)(H,20,22,25)/t18-/m1/s1. The van der Waals surface area contributed by atoms with Gasteiger partial charge in [-0.05, 0) is 43.4 Å². The van der Waals surface area contributed by atoms with Gasteiger partial charge in [-0.3, -0.25) is 19.8 Å². The first kappa shape index (κ1) is 19.8. The van der Waals surface area contributed by atoms with Crippen LogP contribution in [0.25, 0.3) is 0 Å². The van der Waals surface area contributed by atoms with Crippen LogP contribution in [0, 0.1) is 11.7 Å². The normalized spacial score (nSPS) is 21.4. The van der Waals surface area contributed by atoms with E-state index in [0.717, 1.165) is 23.3 Å². The molecule has 4 rings (SSSR count). The quantitative estimate of drug-likeness (QED) is 0.394. The highest BCUT2D eigenvalue weighted by atomic mass is 32.2. The molecule has 1 aromatic carbocycles. The van der Waals surface area contributed by atoms with Gasteiger partial charge in [0.15, 0.2) is 4.34 Å². The van der Waals surface area contributed by atoms with Gasteiger partial charge in [0, 0.05) is 5.75 Å². The van der Waals surface area contributed by atoms with E-state index in [0.29, 0.717) is 10.1 Å². The molecule has 8 nitrogen and oxygen atoms in total. The number of hydrogen-bond acceptors (Lipinski definition) is 7. The van der Waals surface area contributed by atoms with Crippen LogP contribution >= 0.6 is 23.1 Å². The van der Waals surface area contributed by atoms with Crippen LogP contribution in [0.5, 0.6) is 0 Å². The summed E-state index contributed by atoms with van der Waals surface area (Å²) in [5.74, 6) is -0.448. The van der Waals surface area contributed by atoms with Crippen molar-refractivity contribution >= 4 is 46.1 Å². The fourth-order valence-corrected chi connectivity index (χ4v) is 4.87. The summed E-state index contributed by atoms with van der Waals surface area (Å²) in [6.07, 6.45) is 1.79. The number of imide groups is 1. The van der Waals surface area contributed by atoms with E-state index in [9.17, 15) is 18.8 Å². The molecular weight excluding hydrogens is 417 g/mol. The number of amides is 4. The number of aromatic nitrogens is 2. The van der Waals surface area contributed by atoms with Crippen LogP contribution in [-0.4, -0.2) is 45.0 Å². The first-order valence-electron chi connectivity index (χ1n) is 9.00. The number of urea groups is 1. The summed E-state index contributed by atoms with van der Waals surface area (Å²) in [5.41, 5.74) is 0.0269. The summed E-state index contributed by atoms with van der Waals surface area (Å²) in [5, 5.41) is 13.5. The molecule has 2 heterocycles. The maximum absolute atomic E-state index is 12.9. The molecule has 1 atom stereocenters. The molecule has 4 amide bonds. The largest absolute Gasteiger partial charge is 0.325 e. The zero-order valence-electron chi connectivity index (χ0n) is 15.5. The zero-order chi connectivity index (χ0) is 20.6. The molecule has 0 radical (unpaired) electrons. The number of rotatable bonds is 7. The van der Waals surface area contributed by atoms with Crippen molar-refractivity contribution in [2.24, 2.45) is 5.92 Å². The molecular formula is C18H18FN5O3S2. The number of anilines is 1. The molecule has 0 spiro atoms. The van der Waals surface area contributed by atoms with E-state index in [1.54, 1.807) is 19.1 Å². The molecule has 2 N–H and O–H groups in total. The first-order valence-corrected chi connectivity index (χ1v) is 10.8. The van der Waals surface area contributed by atoms with Gasteiger partial charge in [-0.2, -0.15) is 0 Å². The molecule has 1 aliphatic heterocycles. The van der Waals surface area contributed by atoms with Crippen LogP contribution in [0.1, 0.15) is 25.3 Å². The van der Waals surface area contributed by atoms with Gasteiger partial charge in [-0.1, -0.05) is 35.2 Å². The van der Waals surface area contributed by atoms with Crippen molar-refractivity contribution in [3.05, 3.63) is 35.6 Å². The van der Waals surface area contributed by atoms with Gasteiger partial charge in [-0.25, -0.2) is 9.18 Å². The SMILES string of the molecule is C[C@]1(C2CC2)NC(=O)N(CC(=O)Nc2nnc(SCc3ccc(F)cc3)s2)C1=O. The third kappa shape index (κ3) is 4.25. The van der Waals surface area contributed by atoms with Crippen molar-refractivity contribution in [3.63, 3.8) is 0 Å². The third-order valence-electron chi connectivity index (χ3n) is 4.93. The summed E-state index contributed by atoms with van der Waals surface area (Å²) in [7, 11) is 0. The van der Waals surface area contributed by atoms with Crippen molar-refractivity contribution < 1.29 is 18.8 Å². The number of nitrogens with zero attached hydrogens (tertiary/aromatic N) is 3. The maximum Gasteiger partial charge on any atom is 0.325 e. The Hall–Kier alpha value is -2.53. The van der Waals surface area contributed by atoms with Crippen molar-refractivity contribution in [2.45, 2.75) is 35.4 Å². The van der Waals surface area contributed by atoms with Crippen LogP contribution in [0.3, 0.4) is 0 Å². The number of halogens is 1. The molecule has 2 aliphatic rings. The monoisotopic (exact) mass is 435 g/mol. The third-order valence-corrected chi connectivity index (χ3v) is 6.97. The topological polar surface area (TPSA) is 104 Å². The van der Waals surface area contributed by atoms with E-state index in [1.807, 2.05) is 0 Å². The van der Waals surface area contributed by atoms with E-state index in [2.05, 4.69) is 20.8 Å². The molecule has 11 heteroatoms. The smallest absolute Gasteiger partial charge is 0.323 e. The van der Waals surface area contributed by atoms with Crippen LogP contribution in [0.4, 0.5) is 14.3 Å². The second kappa shape index (κ2) is 7.71. The van der Waals surface area contributed by atoms with E-state index >= 15 is 0 Å². The van der Waals surface area contributed by atoms with E-state index in [4.69, 9.17) is 0 Å². The van der Waals surface area contributed by atoms with E-state index < -0.39 is 17.5 Å². The Bertz CT molecular complexity index is 963. The van der Waals surface area contributed by atoms with Crippen molar-refractivity contribution in [1.82, 2.24) is 20.4 Å². The lowest BCUT2D eigenvalue weighted by Gasteiger charge is -2.20. The van der Waals surface area contributed by atoms with Gasteiger partial charge < -0.3 is 5.32 Å². The van der Waals surface area contributed by atoms with Crippen molar-refractivity contribution in [3.8, 4) is 0 Å². The van der Waals surface area contributed by atoms with Crippen LogP contribution < -0.4 is 10.6 Å². The fraction of sp³-hybridized carbons (Fsp3) is 0.389. The van der Waals surface area contributed by atoms with Crippen LogP contribution in [0.2, 0.25) is 0 Å². The highest BCUT2D eigenvalue weighted by Gasteiger charge is 2.56. The van der Waals surface area contributed by atoms with E-state index in [1.165, 1.54) is 35.2 Å². The zero-order valence-corrected chi connectivity index (χ0v) is 17.1. The number of nitrogens with one attached hydrogen (secondary N) is 2. The Morgan fingerprint density at radius 1 is 1.34 bits per heavy atom. The Morgan fingerprint density at radius 2 is 2.07 bits per heavy atom. The predicted octanol–water partition coefficient (Wildman–Crippen LogP) is 2.63. The predicted molar refractivity (Wildman–Crippen MR) is 106 cm³/mol. The lowest BCUT2D eigenvalue weighted by atomic mass is 9.96. The van der Waals surface area contributed by atoms with Crippen LogP contribution in [-0.2, 0) is 15.3 Å². The number of carbonyl (C=O) groups excluding carboxylic acids is 3. The minimum Gasteiger partial charge on any atom is -0.323 e. The minimum absolute atomic E-state index is 0.135. The lowest BCUT2D eigenvalue weighted by Crippen LogP contribution is -2.46. The molecule has 1 aliphatic carbocycles. The van der Waals surface area contributed by atoms with E-state index in [-0.39, 0.29) is 29.3 Å².